The highest BCUT2D eigenvalue weighted by atomic mass is 16.7. The normalized spacial score (nSPS) is 54.0. The molecule has 24 heavy (non-hydrogen) atoms. The summed E-state index contributed by atoms with van der Waals surface area (Å²) in [4.78, 5) is 0. The van der Waals surface area contributed by atoms with Crippen LogP contribution < -0.4 is 0 Å². The number of aliphatic hydroxyl groups is 5. The van der Waals surface area contributed by atoms with E-state index in [9.17, 15) is 25.5 Å². The van der Waals surface area contributed by atoms with Crippen molar-refractivity contribution in [1.82, 2.24) is 0 Å². The molecule has 8 heteroatoms. The molecule has 4 aliphatic rings. The minimum atomic E-state index is -1.49. The van der Waals surface area contributed by atoms with E-state index in [0.717, 1.165) is 0 Å². The van der Waals surface area contributed by atoms with E-state index >= 15 is 0 Å². The van der Waals surface area contributed by atoms with Crippen LogP contribution in [0.25, 0.3) is 0 Å². The van der Waals surface area contributed by atoms with Crippen LogP contribution in [0, 0.1) is 5.92 Å². The maximum absolute atomic E-state index is 10.4. The predicted molar refractivity (Wildman–Crippen MR) is 80.9 cm³/mol. The monoisotopic (exact) mass is 348 g/mol. The molecule has 1 saturated carbocycles. The number of hydrogen-bond acceptors (Lipinski definition) is 8. The Balaban J connectivity index is 1.76. The minimum absolute atomic E-state index is 0.0872. The summed E-state index contributed by atoms with van der Waals surface area (Å²) in [5.74, 6) is 0.0872. The predicted octanol–water partition coefficient (Wildman–Crippen LogP) is -1.49. The van der Waals surface area contributed by atoms with E-state index in [2.05, 4.69) is 0 Å². The zero-order valence-electron chi connectivity index (χ0n) is 14.2. The van der Waals surface area contributed by atoms with E-state index in [1.807, 2.05) is 13.8 Å². The van der Waals surface area contributed by atoms with E-state index < -0.39 is 55.1 Å². The molecule has 9 atom stereocenters. The summed E-state index contributed by atoms with van der Waals surface area (Å²) in [5, 5.41) is 49.5. The molecule has 0 amide bonds. The molecule has 0 aromatic rings. The molecular formula is C16H28O8. The fourth-order valence-electron chi connectivity index (χ4n) is 4.19. The minimum Gasteiger partial charge on any atom is -0.394 e. The van der Waals surface area contributed by atoms with Crippen molar-refractivity contribution in [1.29, 1.82) is 0 Å². The first-order valence-electron chi connectivity index (χ1n) is 8.44. The van der Waals surface area contributed by atoms with E-state index in [0.29, 0.717) is 12.8 Å². The Bertz CT molecular complexity index is 469. The fourth-order valence-corrected chi connectivity index (χ4v) is 4.19. The zero-order valence-corrected chi connectivity index (χ0v) is 14.2. The van der Waals surface area contributed by atoms with E-state index in [1.165, 1.54) is 0 Å². The van der Waals surface area contributed by atoms with Crippen LogP contribution in [0.5, 0.6) is 0 Å². The van der Waals surface area contributed by atoms with Crippen LogP contribution in [-0.4, -0.2) is 86.3 Å². The molecule has 140 valence electrons. The Morgan fingerprint density at radius 3 is 2.29 bits per heavy atom. The number of rotatable bonds is 3. The third kappa shape index (κ3) is 2.79. The van der Waals surface area contributed by atoms with Crippen molar-refractivity contribution in [3.05, 3.63) is 0 Å². The van der Waals surface area contributed by atoms with Gasteiger partial charge in [0.2, 0.25) is 0 Å². The van der Waals surface area contributed by atoms with Gasteiger partial charge in [-0.2, -0.15) is 0 Å². The van der Waals surface area contributed by atoms with Crippen molar-refractivity contribution >= 4 is 0 Å². The van der Waals surface area contributed by atoms with E-state index in [-0.39, 0.29) is 11.5 Å². The average molecular weight is 348 g/mol. The van der Waals surface area contributed by atoms with Gasteiger partial charge in [-0.3, -0.25) is 0 Å². The van der Waals surface area contributed by atoms with Gasteiger partial charge in [-0.25, -0.2) is 0 Å². The summed E-state index contributed by atoms with van der Waals surface area (Å²) in [7, 11) is 0. The largest absolute Gasteiger partial charge is 0.394 e. The lowest BCUT2D eigenvalue weighted by molar-refractivity contribution is -0.368. The molecule has 0 aromatic carbocycles. The van der Waals surface area contributed by atoms with Crippen molar-refractivity contribution in [2.24, 2.45) is 5.92 Å². The van der Waals surface area contributed by atoms with E-state index in [1.54, 1.807) is 6.92 Å². The van der Waals surface area contributed by atoms with Crippen molar-refractivity contribution in [3.8, 4) is 0 Å². The second kappa shape index (κ2) is 6.14. The van der Waals surface area contributed by atoms with Crippen LogP contribution in [0.1, 0.15) is 33.6 Å². The number of ether oxygens (including phenoxy) is 3. The van der Waals surface area contributed by atoms with Gasteiger partial charge >= 0.3 is 0 Å². The van der Waals surface area contributed by atoms with Gasteiger partial charge < -0.3 is 39.7 Å². The second-order valence-corrected chi connectivity index (χ2v) is 7.90. The highest BCUT2D eigenvalue weighted by Crippen LogP contribution is 2.51. The molecule has 9 unspecified atom stereocenters. The van der Waals surface area contributed by atoms with Crippen molar-refractivity contribution in [2.75, 3.05) is 6.61 Å². The third-order valence-corrected chi connectivity index (χ3v) is 5.92. The maximum atomic E-state index is 10.4. The highest BCUT2D eigenvalue weighted by Gasteiger charge is 2.60. The van der Waals surface area contributed by atoms with Crippen LogP contribution in [0.4, 0.5) is 0 Å². The lowest BCUT2D eigenvalue weighted by Gasteiger charge is -2.60. The molecular weight excluding hydrogens is 320 g/mol. The summed E-state index contributed by atoms with van der Waals surface area (Å²) >= 11 is 0. The topological polar surface area (TPSA) is 129 Å². The molecule has 5 N–H and O–H groups in total. The Morgan fingerprint density at radius 2 is 1.67 bits per heavy atom. The maximum Gasteiger partial charge on any atom is 0.187 e. The van der Waals surface area contributed by atoms with Gasteiger partial charge in [-0.15, -0.1) is 0 Å². The molecule has 3 heterocycles. The van der Waals surface area contributed by atoms with Crippen LogP contribution in [0.15, 0.2) is 0 Å². The molecule has 0 radical (unpaired) electrons. The highest BCUT2D eigenvalue weighted by molar-refractivity contribution is 5.08. The summed E-state index contributed by atoms with van der Waals surface area (Å²) in [5.41, 5.74) is -1.35. The van der Waals surface area contributed by atoms with Crippen LogP contribution >= 0.6 is 0 Å². The smallest absolute Gasteiger partial charge is 0.187 e. The first kappa shape index (κ1) is 18.5. The molecule has 3 saturated heterocycles. The average Bonchev–Trinajstić information content (AvgIpc) is 2.50. The van der Waals surface area contributed by atoms with Crippen LogP contribution in [0.3, 0.4) is 0 Å². The first-order chi connectivity index (χ1) is 11.1. The fraction of sp³-hybridized carbons (Fsp3) is 1.00. The lowest BCUT2D eigenvalue weighted by atomic mass is 9.65. The Morgan fingerprint density at radius 1 is 1.00 bits per heavy atom. The van der Waals surface area contributed by atoms with Gasteiger partial charge in [-0.1, -0.05) is 0 Å². The number of fused-ring (bicyclic) bond motifs is 3. The summed E-state index contributed by atoms with van der Waals surface area (Å²) in [6.45, 7) is 5.21. The number of aliphatic hydroxyl groups excluding tert-OH is 5. The van der Waals surface area contributed by atoms with Crippen LogP contribution in [-0.2, 0) is 14.2 Å². The first-order valence-corrected chi connectivity index (χ1v) is 8.44. The molecule has 2 bridgehead atoms. The van der Waals surface area contributed by atoms with Crippen LogP contribution in [0.2, 0.25) is 0 Å². The Kier molecular flexibility index (Phi) is 4.72. The lowest BCUT2D eigenvalue weighted by Crippen LogP contribution is -2.70. The van der Waals surface area contributed by atoms with Crippen molar-refractivity contribution in [3.63, 3.8) is 0 Å². The molecule has 4 fully saturated rings. The standard InChI is InChI=1S/C16H28O8/c1-15(2)7-4-9(18)16(3,24-15)10(5-7)23-14-13(21)12(20)11(19)8(6-17)22-14/h7-14,17-21H,4-6H2,1-3H3. The third-order valence-electron chi connectivity index (χ3n) is 5.92. The summed E-state index contributed by atoms with van der Waals surface area (Å²) in [6.07, 6.45) is -6.64. The Labute approximate surface area is 141 Å². The quantitative estimate of drug-likeness (QED) is 0.417. The van der Waals surface area contributed by atoms with Gasteiger partial charge in [0.1, 0.15) is 30.0 Å². The molecule has 0 aromatic heterocycles. The second-order valence-electron chi connectivity index (χ2n) is 7.90. The van der Waals surface area contributed by atoms with Gasteiger partial charge in [-0.05, 0) is 39.5 Å². The van der Waals surface area contributed by atoms with Crippen molar-refractivity contribution < 1.29 is 39.7 Å². The molecule has 4 rings (SSSR count). The summed E-state index contributed by atoms with van der Waals surface area (Å²) < 4.78 is 17.3. The van der Waals surface area contributed by atoms with Gasteiger partial charge in [0, 0.05) is 0 Å². The summed E-state index contributed by atoms with van der Waals surface area (Å²) in [6, 6.07) is 0. The molecule has 3 aliphatic heterocycles. The molecule has 0 spiro atoms. The van der Waals surface area contributed by atoms with Crippen molar-refractivity contribution in [2.45, 2.75) is 87.7 Å². The number of hydrogen-bond donors (Lipinski definition) is 5. The zero-order chi connectivity index (χ0) is 17.9. The van der Waals surface area contributed by atoms with E-state index in [4.69, 9.17) is 14.2 Å². The Hall–Kier alpha value is -0.320. The van der Waals surface area contributed by atoms with Gasteiger partial charge in [0.05, 0.1) is 24.4 Å². The van der Waals surface area contributed by atoms with Gasteiger partial charge in [0.15, 0.2) is 6.29 Å². The molecule has 1 aliphatic carbocycles. The SMILES string of the molecule is CC1(C)OC2(C)C(O)CC1CC2OC1OC(CO)C(O)C(O)C1O. The van der Waals surface area contributed by atoms with Gasteiger partial charge in [0.25, 0.3) is 0 Å². The molecule has 8 nitrogen and oxygen atoms in total.